The minimum absolute atomic E-state index is 0.106. The number of carbonyl (C=O) groups is 1. The zero-order valence-electron chi connectivity index (χ0n) is 15.6. The number of nitrogens with one attached hydrogen (secondary N) is 1. The van der Waals surface area contributed by atoms with Crippen molar-refractivity contribution < 1.29 is 9.72 Å². The fraction of sp³-hybridized carbons (Fsp3) is 0.278. The summed E-state index contributed by atoms with van der Waals surface area (Å²) in [5.41, 5.74) is 3.75. The number of carbonyl (C=O) groups excluding carboxylic acids is 1. The second-order valence-corrected chi connectivity index (χ2v) is 7.24. The van der Waals surface area contributed by atoms with Crippen molar-refractivity contribution in [3.63, 3.8) is 0 Å². The molecule has 2 aromatic heterocycles. The summed E-state index contributed by atoms with van der Waals surface area (Å²) in [6, 6.07) is 7.48. The summed E-state index contributed by atoms with van der Waals surface area (Å²) in [5.74, 6) is -0.316. The summed E-state index contributed by atoms with van der Waals surface area (Å²) in [6.07, 6.45) is 1.26. The Morgan fingerprint density at radius 2 is 2.00 bits per heavy atom. The average molecular weight is 447 g/mol. The summed E-state index contributed by atoms with van der Waals surface area (Å²) in [5, 5.41) is 22.2. The van der Waals surface area contributed by atoms with Gasteiger partial charge in [-0.15, -0.1) is 0 Å². The van der Waals surface area contributed by atoms with Gasteiger partial charge in [0.1, 0.15) is 18.4 Å². The molecule has 3 aromatic rings. The lowest BCUT2D eigenvalue weighted by atomic mass is 10.2. The number of rotatable bonds is 6. The highest BCUT2D eigenvalue weighted by molar-refractivity contribution is 9.10. The van der Waals surface area contributed by atoms with Gasteiger partial charge in [0, 0.05) is 5.69 Å². The van der Waals surface area contributed by atoms with Crippen molar-refractivity contribution in [3.8, 4) is 0 Å². The van der Waals surface area contributed by atoms with Crippen molar-refractivity contribution in [1.82, 2.24) is 19.6 Å². The van der Waals surface area contributed by atoms with Gasteiger partial charge in [0.05, 0.1) is 27.3 Å². The first-order valence-electron chi connectivity index (χ1n) is 8.51. The maximum Gasteiger partial charge on any atom is 0.309 e. The Kier molecular flexibility index (Phi) is 5.59. The fourth-order valence-electron chi connectivity index (χ4n) is 2.86. The molecular weight excluding hydrogens is 428 g/mol. The largest absolute Gasteiger partial charge is 0.324 e. The van der Waals surface area contributed by atoms with E-state index in [1.807, 2.05) is 36.7 Å². The van der Waals surface area contributed by atoms with Crippen LogP contribution in [0.3, 0.4) is 0 Å². The van der Waals surface area contributed by atoms with Crippen molar-refractivity contribution in [2.24, 2.45) is 0 Å². The standard InChI is InChI=1S/C18H19BrN6O3/c1-11-16(25(27)28)9-23(21-11)10-17(26)20-15-6-4-5-14(7-15)8-24-13(3)18(19)12(2)22-24/h4-7,9H,8,10H2,1-3H3,(H,20,26). The minimum Gasteiger partial charge on any atom is -0.324 e. The van der Waals surface area contributed by atoms with Gasteiger partial charge in [0.15, 0.2) is 0 Å². The van der Waals surface area contributed by atoms with Crippen LogP contribution in [0.2, 0.25) is 0 Å². The van der Waals surface area contributed by atoms with Gasteiger partial charge in [-0.05, 0) is 54.4 Å². The smallest absolute Gasteiger partial charge is 0.309 e. The van der Waals surface area contributed by atoms with Gasteiger partial charge in [0.2, 0.25) is 5.91 Å². The van der Waals surface area contributed by atoms with E-state index in [4.69, 9.17) is 0 Å². The second kappa shape index (κ2) is 7.93. The molecule has 1 amide bonds. The highest BCUT2D eigenvalue weighted by Crippen LogP contribution is 2.21. The van der Waals surface area contributed by atoms with E-state index >= 15 is 0 Å². The molecule has 2 heterocycles. The van der Waals surface area contributed by atoms with Crippen LogP contribution in [0.4, 0.5) is 11.4 Å². The van der Waals surface area contributed by atoms with E-state index in [1.165, 1.54) is 17.8 Å². The quantitative estimate of drug-likeness (QED) is 0.461. The molecule has 0 atom stereocenters. The van der Waals surface area contributed by atoms with E-state index in [0.717, 1.165) is 21.4 Å². The van der Waals surface area contributed by atoms with Crippen molar-refractivity contribution in [2.75, 3.05) is 5.32 Å². The van der Waals surface area contributed by atoms with Crippen LogP contribution in [-0.4, -0.2) is 30.4 Å². The number of anilines is 1. The van der Waals surface area contributed by atoms with E-state index in [0.29, 0.717) is 12.2 Å². The zero-order valence-corrected chi connectivity index (χ0v) is 17.2. The molecule has 0 fully saturated rings. The third-order valence-electron chi connectivity index (χ3n) is 4.26. The molecular formula is C18H19BrN6O3. The summed E-state index contributed by atoms with van der Waals surface area (Å²) in [6.45, 7) is 5.93. The fourth-order valence-corrected chi connectivity index (χ4v) is 3.15. The van der Waals surface area contributed by atoms with Crippen LogP contribution >= 0.6 is 15.9 Å². The Morgan fingerprint density at radius 1 is 1.25 bits per heavy atom. The molecule has 0 radical (unpaired) electrons. The number of nitro groups is 1. The molecule has 0 aliphatic rings. The van der Waals surface area contributed by atoms with Gasteiger partial charge in [-0.2, -0.15) is 10.2 Å². The number of aryl methyl sites for hydroxylation is 2. The molecule has 0 unspecified atom stereocenters. The number of nitrogens with zero attached hydrogens (tertiary/aromatic N) is 5. The lowest BCUT2D eigenvalue weighted by Crippen LogP contribution is -2.19. The predicted molar refractivity (Wildman–Crippen MR) is 107 cm³/mol. The number of halogens is 1. The summed E-state index contributed by atoms with van der Waals surface area (Å²) < 4.78 is 4.15. The van der Waals surface area contributed by atoms with Crippen LogP contribution < -0.4 is 5.32 Å². The molecule has 28 heavy (non-hydrogen) atoms. The lowest BCUT2D eigenvalue weighted by Gasteiger charge is -2.09. The van der Waals surface area contributed by atoms with Gasteiger partial charge in [0.25, 0.3) is 0 Å². The first kappa shape index (κ1) is 19.7. The second-order valence-electron chi connectivity index (χ2n) is 6.45. The number of hydrogen-bond donors (Lipinski definition) is 1. The Labute approximate surface area is 169 Å². The van der Waals surface area contributed by atoms with Crippen LogP contribution in [0, 0.1) is 30.9 Å². The van der Waals surface area contributed by atoms with E-state index in [-0.39, 0.29) is 23.8 Å². The van der Waals surface area contributed by atoms with Gasteiger partial charge in [-0.1, -0.05) is 12.1 Å². The molecule has 0 aliphatic heterocycles. The molecule has 146 valence electrons. The minimum atomic E-state index is -0.516. The van der Waals surface area contributed by atoms with Crippen LogP contribution in [0.1, 0.15) is 22.6 Å². The van der Waals surface area contributed by atoms with Gasteiger partial charge in [-0.25, -0.2) is 0 Å². The van der Waals surface area contributed by atoms with Crippen molar-refractivity contribution in [2.45, 2.75) is 33.9 Å². The van der Waals surface area contributed by atoms with Crippen LogP contribution in [0.15, 0.2) is 34.9 Å². The Bertz CT molecular complexity index is 1060. The number of benzene rings is 1. The van der Waals surface area contributed by atoms with E-state index < -0.39 is 4.92 Å². The topological polar surface area (TPSA) is 108 Å². The van der Waals surface area contributed by atoms with Gasteiger partial charge < -0.3 is 5.32 Å². The number of hydrogen-bond acceptors (Lipinski definition) is 5. The SMILES string of the molecule is Cc1nn(CC(=O)Nc2cccc(Cn3nc(C)c(Br)c3C)c2)cc1[N+](=O)[O-]. The number of amides is 1. The highest BCUT2D eigenvalue weighted by atomic mass is 79.9. The Morgan fingerprint density at radius 3 is 2.61 bits per heavy atom. The Balaban J connectivity index is 1.68. The van der Waals surface area contributed by atoms with Crippen molar-refractivity contribution in [1.29, 1.82) is 0 Å². The maximum absolute atomic E-state index is 12.3. The Hall–Kier alpha value is -3.01. The summed E-state index contributed by atoms with van der Waals surface area (Å²) >= 11 is 3.52. The molecule has 0 spiro atoms. The molecule has 0 saturated carbocycles. The first-order valence-corrected chi connectivity index (χ1v) is 9.30. The van der Waals surface area contributed by atoms with Gasteiger partial charge in [-0.3, -0.25) is 24.3 Å². The first-order chi connectivity index (χ1) is 13.2. The lowest BCUT2D eigenvalue weighted by molar-refractivity contribution is -0.385. The van der Waals surface area contributed by atoms with Crippen molar-refractivity contribution >= 4 is 33.2 Å². The molecule has 9 nitrogen and oxygen atoms in total. The van der Waals surface area contributed by atoms with E-state index in [9.17, 15) is 14.9 Å². The number of aromatic nitrogens is 4. The molecule has 3 rings (SSSR count). The molecule has 0 aliphatic carbocycles. The van der Waals surface area contributed by atoms with Crippen molar-refractivity contribution in [3.05, 3.63) is 67.7 Å². The van der Waals surface area contributed by atoms with E-state index in [2.05, 4.69) is 31.4 Å². The molecule has 0 saturated heterocycles. The zero-order chi connectivity index (χ0) is 20.4. The molecule has 10 heteroatoms. The summed E-state index contributed by atoms with van der Waals surface area (Å²) in [7, 11) is 0. The maximum atomic E-state index is 12.3. The molecule has 1 aromatic carbocycles. The monoisotopic (exact) mass is 446 g/mol. The van der Waals surface area contributed by atoms with Gasteiger partial charge >= 0.3 is 5.69 Å². The highest BCUT2D eigenvalue weighted by Gasteiger charge is 2.17. The molecule has 1 N–H and O–H groups in total. The van der Waals surface area contributed by atoms with Crippen LogP contribution in [-0.2, 0) is 17.9 Å². The van der Waals surface area contributed by atoms with Crippen LogP contribution in [0.5, 0.6) is 0 Å². The summed E-state index contributed by atoms with van der Waals surface area (Å²) in [4.78, 5) is 22.6. The normalized spacial score (nSPS) is 10.9. The molecule has 0 bridgehead atoms. The average Bonchev–Trinajstić information content (AvgIpc) is 3.10. The third-order valence-corrected chi connectivity index (χ3v) is 5.41. The van der Waals surface area contributed by atoms with E-state index in [1.54, 1.807) is 6.07 Å². The van der Waals surface area contributed by atoms with Crippen LogP contribution in [0.25, 0.3) is 0 Å². The predicted octanol–water partition coefficient (Wildman–Crippen LogP) is 3.36. The third kappa shape index (κ3) is 4.28.